The Labute approximate surface area is 80.5 Å². The minimum atomic E-state index is 0.129. The van der Waals surface area contributed by atoms with Crippen LogP contribution in [0.4, 0.5) is 0 Å². The average molecular weight is 227 g/mol. The Hall–Kier alpha value is -0.340. The van der Waals surface area contributed by atoms with Gasteiger partial charge in [0, 0.05) is 4.47 Å². The highest BCUT2D eigenvalue weighted by Crippen LogP contribution is 2.43. The van der Waals surface area contributed by atoms with Crippen LogP contribution in [0.25, 0.3) is 0 Å². The second-order valence-corrected chi connectivity index (χ2v) is 4.14. The standard InChI is InChI=1S/C10H11BrO/c11-10-5-7(6-12)1-4-9(10)8-2-3-8/h1,4-5,8,12H,2-3,6H2. The zero-order valence-electron chi connectivity index (χ0n) is 6.76. The van der Waals surface area contributed by atoms with Crippen LogP contribution < -0.4 is 0 Å². The first kappa shape index (κ1) is 8.27. The molecule has 2 heteroatoms. The lowest BCUT2D eigenvalue weighted by atomic mass is 10.1. The fourth-order valence-electron chi connectivity index (χ4n) is 1.39. The number of hydrogen-bond acceptors (Lipinski definition) is 1. The maximum absolute atomic E-state index is 8.89. The van der Waals surface area contributed by atoms with E-state index in [0.29, 0.717) is 0 Å². The van der Waals surface area contributed by atoms with E-state index in [1.807, 2.05) is 12.1 Å². The van der Waals surface area contributed by atoms with Crippen molar-refractivity contribution in [2.75, 3.05) is 0 Å². The number of halogens is 1. The Morgan fingerprint density at radius 1 is 1.42 bits per heavy atom. The SMILES string of the molecule is OCc1ccc(C2CC2)c(Br)c1. The van der Waals surface area contributed by atoms with E-state index in [1.54, 1.807) is 0 Å². The molecule has 2 rings (SSSR count). The molecule has 1 aromatic rings. The summed E-state index contributed by atoms with van der Waals surface area (Å²) in [5.41, 5.74) is 2.37. The van der Waals surface area contributed by atoms with Crippen LogP contribution in [0.1, 0.15) is 29.9 Å². The van der Waals surface area contributed by atoms with Gasteiger partial charge in [0.05, 0.1) is 6.61 Å². The molecule has 1 saturated carbocycles. The minimum absolute atomic E-state index is 0.129. The van der Waals surface area contributed by atoms with Crippen LogP contribution in [0.2, 0.25) is 0 Å². The summed E-state index contributed by atoms with van der Waals surface area (Å²) >= 11 is 3.52. The molecular weight excluding hydrogens is 216 g/mol. The molecule has 0 bridgehead atoms. The molecule has 0 radical (unpaired) electrons. The zero-order valence-corrected chi connectivity index (χ0v) is 8.34. The molecule has 0 atom stereocenters. The van der Waals surface area contributed by atoms with Gasteiger partial charge >= 0.3 is 0 Å². The predicted octanol–water partition coefficient (Wildman–Crippen LogP) is 2.82. The van der Waals surface area contributed by atoms with Crippen molar-refractivity contribution in [3.05, 3.63) is 33.8 Å². The molecule has 12 heavy (non-hydrogen) atoms. The highest BCUT2D eigenvalue weighted by atomic mass is 79.9. The quantitative estimate of drug-likeness (QED) is 0.823. The van der Waals surface area contributed by atoms with E-state index in [1.165, 1.54) is 18.4 Å². The maximum atomic E-state index is 8.89. The van der Waals surface area contributed by atoms with Crippen molar-refractivity contribution in [3.8, 4) is 0 Å². The van der Waals surface area contributed by atoms with Crippen molar-refractivity contribution >= 4 is 15.9 Å². The summed E-state index contributed by atoms with van der Waals surface area (Å²) in [5, 5.41) is 8.89. The normalized spacial score (nSPS) is 16.5. The highest BCUT2D eigenvalue weighted by molar-refractivity contribution is 9.10. The van der Waals surface area contributed by atoms with Gasteiger partial charge in [0.1, 0.15) is 0 Å². The summed E-state index contributed by atoms with van der Waals surface area (Å²) < 4.78 is 1.15. The Bertz CT molecular complexity index is 292. The Balaban J connectivity index is 2.32. The molecule has 1 nitrogen and oxygen atoms in total. The van der Waals surface area contributed by atoms with Gasteiger partial charge in [0.2, 0.25) is 0 Å². The van der Waals surface area contributed by atoms with Gasteiger partial charge in [-0.2, -0.15) is 0 Å². The van der Waals surface area contributed by atoms with Crippen molar-refractivity contribution in [3.63, 3.8) is 0 Å². The molecular formula is C10H11BrO. The van der Waals surface area contributed by atoms with Crippen molar-refractivity contribution in [2.45, 2.75) is 25.4 Å². The van der Waals surface area contributed by atoms with E-state index in [4.69, 9.17) is 5.11 Å². The van der Waals surface area contributed by atoms with Crippen molar-refractivity contribution in [1.29, 1.82) is 0 Å². The molecule has 0 amide bonds. The molecule has 0 unspecified atom stereocenters. The molecule has 1 aliphatic carbocycles. The van der Waals surface area contributed by atoms with Crippen LogP contribution in [0.3, 0.4) is 0 Å². The van der Waals surface area contributed by atoms with Crippen LogP contribution in [0.15, 0.2) is 22.7 Å². The topological polar surface area (TPSA) is 20.2 Å². The smallest absolute Gasteiger partial charge is 0.0682 e. The lowest BCUT2D eigenvalue weighted by molar-refractivity contribution is 0.281. The average Bonchev–Trinajstić information content (AvgIpc) is 2.87. The van der Waals surface area contributed by atoms with Gasteiger partial charge in [-0.25, -0.2) is 0 Å². The molecule has 0 saturated heterocycles. The van der Waals surface area contributed by atoms with Gasteiger partial charge in [-0.1, -0.05) is 28.1 Å². The fraction of sp³-hybridized carbons (Fsp3) is 0.400. The third-order valence-corrected chi connectivity index (χ3v) is 2.95. The minimum Gasteiger partial charge on any atom is -0.392 e. The Morgan fingerprint density at radius 3 is 2.67 bits per heavy atom. The molecule has 64 valence electrons. The molecule has 0 aromatic heterocycles. The molecule has 1 aliphatic rings. The molecule has 1 N–H and O–H groups in total. The first-order valence-corrected chi connectivity index (χ1v) is 4.99. The number of aliphatic hydroxyl groups is 1. The Kier molecular flexibility index (Phi) is 2.20. The monoisotopic (exact) mass is 226 g/mol. The maximum Gasteiger partial charge on any atom is 0.0682 e. The van der Waals surface area contributed by atoms with Gasteiger partial charge in [0.15, 0.2) is 0 Å². The van der Waals surface area contributed by atoms with Crippen LogP contribution in [-0.2, 0) is 6.61 Å². The van der Waals surface area contributed by atoms with Gasteiger partial charge in [0.25, 0.3) is 0 Å². The summed E-state index contributed by atoms with van der Waals surface area (Å²) in [7, 11) is 0. The lowest BCUT2D eigenvalue weighted by Crippen LogP contribution is -1.86. The summed E-state index contributed by atoms with van der Waals surface area (Å²) in [6, 6.07) is 6.12. The molecule has 0 aliphatic heterocycles. The van der Waals surface area contributed by atoms with Crippen LogP contribution in [0.5, 0.6) is 0 Å². The number of hydrogen-bond donors (Lipinski definition) is 1. The predicted molar refractivity (Wildman–Crippen MR) is 52.0 cm³/mol. The number of benzene rings is 1. The largest absolute Gasteiger partial charge is 0.392 e. The zero-order chi connectivity index (χ0) is 8.55. The summed E-state index contributed by atoms with van der Waals surface area (Å²) in [6.45, 7) is 0.129. The second-order valence-electron chi connectivity index (χ2n) is 3.29. The number of aliphatic hydroxyl groups excluding tert-OH is 1. The van der Waals surface area contributed by atoms with Crippen LogP contribution in [-0.4, -0.2) is 5.11 Å². The van der Waals surface area contributed by atoms with Gasteiger partial charge in [-0.05, 0) is 36.0 Å². The van der Waals surface area contributed by atoms with E-state index in [9.17, 15) is 0 Å². The van der Waals surface area contributed by atoms with Crippen LogP contribution in [0, 0.1) is 0 Å². The molecule has 1 aromatic carbocycles. The van der Waals surface area contributed by atoms with Crippen LogP contribution >= 0.6 is 15.9 Å². The second kappa shape index (κ2) is 3.19. The highest BCUT2D eigenvalue weighted by Gasteiger charge is 2.25. The third kappa shape index (κ3) is 1.54. The summed E-state index contributed by atoms with van der Waals surface area (Å²) in [4.78, 5) is 0. The van der Waals surface area contributed by atoms with E-state index in [-0.39, 0.29) is 6.61 Å². The molecule has 0 spiro atoms. The van der Waals surface area contributed by atoms with Gasteiger partial charge in [-0.3, -0.25) is 0 Å². The van der Waals surface area contributed by atoms with Crippen molar-refractivity contribution in [2.24, 2.45) is 0 Å². The first-order valence-electron chi connectivity index (χ1n) is 4.20. The van der Waals surface area contributed by atoms with E-state index < -0.39 is 0 Å². The van der Waals surface area contributed by atoms with Crippen molar-refractivity contribution < 1.29 is 5.11 Å². The van der Waals surface area contributed by atoms with E-state index in [2.05, 4.69) is 22.0 Å². The van der Waals surface area contributed by atoms with E-state index in [0.717, 1.165) is 16.0 Å². The summed E-state index contributed by atoms with van der Waals surface area (Å²) in [5.74, 6) is 0.770. The van der Waals surface area contributed by atoms with Crippen molar-refractivity contribution in [1.82, 2.24) is 0 Å². The first-order chi connectivity index (χ1) is 5.81. The summed E-state index contributed by atoms with van der Waals surface area (Å²) in [6.07, 6.45) is 2.63. The van der Waals surface area contributed by atoms with E-state index >= 15 is 0 Å². The van der Waals surface area contributed by atoms with Gasteiger partial charge < -0.3 is 5.11 Å². The third-order valence-electron chi connectivity index (χ3n) is 2.26. The van der Waals surface area contributed by atoms with Gasteiger partial charge in [-0.15, -0.1) is 0 Å². The fourth-order valence-corrected chi connectivity index (χ4v) is 2.14. The number of rotatable bonds is 2. The Morgan fingerprint density at radius 2 is 2.17 bits per heavy atom. The molecule has 0 heterocycles. The molecule has 1 fully saturated rings. The lowest BCUT2D eigenvalue weighted by Gasteiger charge is -2.03.